The van der Waals surface area contributed by atoms with E-state index in [0.29, 0.717) is 5.56 Å². The third kappa shape index (κ3) is 4.62. The molecule has 0 N–H and O–H groups in total. The minimum Gasteiger partial charge on any atom is -0.451 e. The van der Waals surface area contributed by atoms with Crippen molar-refractivity contribution in [2.24, 2.45) is 0 Å². The maximum absolute atomic E-state index is 12.4. The van der Waals surface area contributed by atoms with Crippen molar-refractivity contribution in [2.75, 3.05) is 0 Å². The van der Waals surface area contributed by atoms with Gasteiger partial charge in [-0.25, -0.2) is 4.79 Å². The molecule has 0 heterocycles. The summed E-state index contributed by atoms with van der Waals surface area (Å²) >= 11 is 0. The summed E-state index contributed by atoms with van der Waals surface area (Å²) in [5.41, 5.74) is 2.24. The van der Waals surface area contributed by atoms with E-state index >= 15 is 0 Å². The molecule has 0 aliphatic carbocycles. The molecule has 0 bridgehead atoms. The average Bonchev–Trinajstić information content (AvgIpc) is 2.56. The van der Waals surface area contributed by atoms with Crippen LogP contribution in [0.2, 0.25) is 0 Å². The molecule has 0 spiro atoms. The van der Waals surface area contributed by atoms with Gasteiger partial charge in [-0.15, -0.1) is 0 Å². The first kappa shape index (κ1) is 18.6. The molecule has 0 radical (unpaired) electrons. The standard InChI is InChI=1S/C19H18F2O4/c1-11-8-9-14(10-12(11)2)17(22)13(3)24-18(23)15-6-4-5-7-16(15)25-19(20)21/h4-10,13,19H,1-3H3. The zero-order valence-corrected chi connectivity index (χ0v) is 14.1. The van der Waals surface area contributed by atoms with Crippen molar-refractivity contribution in [2.45, 2.75) is 33.5 Å². The van der Waals surface area contributed by atoms with Crippen molar-refractivity contribution in [1.82, 2.24) is 0 Å². The van der Waals surface area contributed by atoms with E-state index in [2.05, 4.69) is 4.74 Å². The van der Waals surface area contributed by atoms with E-state index in [1.54, 1.807) is 12.1 Å². The number of alkyl halides is 2. The molecule has 1 unspecified atom stereocenters. The second kappa shape index (κ2) is 7.88. The molecule has 0 saturated heterocycles. The van der Waals surface area contributed by atoms with Gasteiger partial charge in [0.05, 0.1) is 0 Å². The second-order valence-corrected chi connectivity index (χ2v) is 5.59. The predicted octanol–water partition coefficient (Wildman–Crippen LogP) is 4.33. The third-order valence-electron chi connectivity index (χ3n) is 3.77. The fourth-order valence-electron chi connectivity index (χ4n) is 2.24. The van der Waals surface area contributed by atoms with Crippen LogP contribution in [-0.2, 0) is 4.74 Å². The highest BCUT2D eigenvalue weighted by Gasteiger charge is 2.23. The van der Waals surface area contributed by atoms with E-state index < -0.39 is 18.7 Å². The van der Waals surface area contributed by atoms with Gasteiger partial charge in [-0.2, -0.15) is 8.78 Å². The lowest BCUT2D eigenvalue weighted by atomic mass is 10.0. The number of hydrogen-bond donors (Lipinski definition) is 0. The Morgan fingerprint density at radius 3 is 2.32 bits per heavy atom. The molecule has 4 nitrogen and oxygen atoms in total. The average molecular weight is 348 g/mol. The molecule has 0 fully saturated rings. The number of ether oxygens (including phenoxy) is 2. The van der Waals surface area contributed by atoms with Crippen LogP contribution in [0.5, 0.6) is 5.75 Å². The van der Waals surface area contributed by atoms with E-state index in [4.69, 9.17) is 4.74 Å². The van der Waals surface area contributed by atoms with Crippen molar-refractivity contribution in [1.29, 1.82) is 0 Å². The number of benzene rings is 2. The molecular weight excluding hydrogens is 330 g/mol. The van der Waals surface area contributed by atoms with Gasteiger partial charge in [-0.05, 0) is 50.1 Å². The van der Waals surface area contributed by atoms with Crippen LogP contribution in [0.25, 0.3) is 0 Å². The van der Waals surface area contributed by atoms with Crippen molar-refractivity contribution < 1.29 is 27.8 Å². The summed E-state index contributed by atoms with van der Waals surface area (Å²) in [7, 11) is 0. The minimum atomic E-state index is -3.07. The van der Waals surface area contributed by atoms with Gasteiger partial charge >= 0.3 is 12.6 Å². The maximum atomic E-state index is 12.4. The molecule has 2 aromatic carbocycles. The van der Waals surface area contributed by atoms with Gasteiger partial charge in [0.2, 0.25) is 5.78 Å². The molecule has 0 aliphatic rings. The number of Topliss-reactive ketones (excluding diaryl/α,β-unsaturated/α-hetero) is 1. The highest BCUT2D eigenvalue weighted by Crippen LogP contribution is 2.22. The van der Waals surface area contributed by atoms with Gasteiger partial charge in [-0.1, -0.05) is 24.3 Å². The number of carbonyl (C=O) groups excluding carboxylic acids is 2. The van der Waals surface area contributed by atoms with Crippen molar-refractivity contribution in [3.8, 4) is 5.75 Å². The van der Waals surface area contributed by atoms with Crippen LogP contribution >= 0.6 is 0 Å². The van der Waals surface area contributed by atoms with Crippen LogP contribution in [-0.4, -0.2) is 24.5 Å². The van der Waals surface area contributed by atoms with Crippen LogP contribution in [0.4, 0.5) is 8.78 Å². The van der Waals surface area contributed by atoms with E-state index in [-0.39, 0.29) is 17.1 Å². The third-order valence-corrected chi connectivity index (χ3v) is 3.77. The lowest BCUT2D eigenvalue weighted by Crippen LogP contribution is -2.25. The first-order chi connectivity index (χ1) is 11.8. The van der Waals surface area contributed by atoms with Gasteiger partial charge < -0.3 is 9.47 Å². The van der Waals surface area contributed by atoms with Gasteiger partial charge in [0.15, 0.2) is 6.10 Å². The molecule has 2 rings (SSSR count). The zero-order valence-electron chi connectivity index (χ0n) is 14.1. The fourth-order valence-corrected chi connectivity index (χ4v) is 2.24. The molecule has 25 heavy (non-hydrogen) atoms. The van der Waals surface area contributed by atoms with E-state index in [1.165, 1.54) is 31.2 Å². The van der Waals surface area contributed by atoms with E-state index in [0.717, 1.165) is 11.1 Å². The van der Waals surface area contributed by atoms with Gasteiger partial charge in [0.25, 0.3) is 0 Å². The van der Waals surface area contributed by atoms with Gasteiger partial charge in [-0.3, -0.25) is 4.79 Å². The van der Waals surface area contributed by atoms with E-state index in [9.17, 15) is 18.4 Å². The van der Waals surface area contributed by atoms with Crippen molar-refractivity contribution in [3.63, 3.8) is 0 Å². The van der Waals surface area contributed by atoms with Crippen LogP contribution in [0, 0.1) is 13.8 Å². The first-order valence-corrected chi connectivity index (χ1v) is 7.66. The number of halogens is 2. The Morgan fingerprint density at radius 1 is 1.00 bits per heavy atom. The number of para-hydroxylation sites is 1. The molecule has 0 saturated carbocycles. The quantitative estimate of drug-likeness (QED) is 0.576. The first-order valence-electron chi connectivity index (χ1n) is 7.66. The SMILES string of the molecule is Cc1ccc(C(=O)C(C)OC(=O)c2ccccc2OC(F)F)cc1C. The lowest BCUT2D eigenvalue weighted by molar-refractivity contribution is -0.0505. The molecule has 0 aliphatic heterocycles. The van der Waals surface area contributed by atoms with Crippen LogP contribution in [0.1, 0.15) is 38.8 Å². The summed E-state index contributed by atoms with van der Waals surface area (Å²) in [5.74, 6) is -1.57. The number of carbonyl (C=O) groups is 2. The molecular formula is C19H18F2O4. The van der Waals surface area contributed by atoms with E-state index in [1.807, 2.05) is 19.9 Å². The molecule has 132 valence electrons. The summed E-state index contributed by atoms with van der Waals surface area (Å²) in [5, 5.41) is 0. The van der Waals surface area contributed by atoms with Crippen molar-refractivity contribution >= 4 is 11.8 Å². The molecule has 2 aromatic rings. The molecule has 6 heteroatoms. The summed E-state index contributed by atoms with van der Waals surface area (Å²) in [6.07, 6.45) is -1.06. The summed E-state index contributed by atoms with van der Waals surface area (Å²) in [4.78, 5) is 24.6. The largest absolute Gasteiger partial charge is 0.451 e. The number of rotatable bonds is 6. The van der Waals surface area contributed by atoms with Gasteiger partial charge in [0, 0.05) is 5.56 Å². The Hall–Kier alpha value is -2.76. The Morgan fingerprint density at radius 2 is 1.68 bits per heavy atom. The minimum absolute atomic E-state index is 0.164. The number of aryl methyl sites for hydroxylation is 2. The number of esters is 1. The summed E-state index contributed by atoms with van der Waals surface area (Å²) < 4.78 is 34.3. The second-order valence-electron chi connectivity index (χ2n) is 5.59. The Bertz CT molecular complexity index is 787. The summed E-state index contributed by atoms with van der Waals surface area (Å²) in [6, 6.07) is 10.7. The molecule has 1 atom stereocenters. The van der Waals surface area contributed by atoms with Crippen LogP contribution in [0.3, 0.4) is 0 Å². The zero-order chi connectivity index (χ0) is 18.6. The lowest BCUT2D eigenvalue weighted by Gasteiger charge is -2.15. The van der Waals surface area contributed by atoms with Crippen LogP contribution < -0.4 is 4.74 Å². The molecule has 0 amide bonds. The fraction of sp³-hybridized carbons (Fsp3) is 0.263. The maximum Gasteiger partial charge on any atom is 0.387 e. The molecule has 0 aromatic heterocycles. The van der Waals surface area contributed by atoms with Crippen LogP contribution in [0.15, 0.2) is 42.5 Å². The predicted molar refractivity (Wildman–Crippen MR) is 88.2 cm³/mol. The Labute approximate surface area is 144 Å². The number of ketones is 1. The van der Waals surface area contributed by atoms with Crippen molar-refractivity contribution in [3.05, 3.63) is 64.7 Å². The number of hydrogen-bond acceptors (Lipinski definition) is 4. The highest BCUT2D eigenvalue weighted by atomic mass is 19.3. The van der Waals surface area contributed by atoms with Gasteiger partial charge in [0.1, 0.15) is 11.3 Å². The monoisotopic (exact) mass is 348 g/mol. The Kier molecular flexibility index (Phi) is 5.85. The smallest absolute Gasteiger partial charge is 0.387 e. The highest BCUT2D eigenvalue weighted by molar-refractivity contribution is 6.02. The summed E-state index contributed by atoms with van der Waals surface area (Å²) in [6.45, 7) is 2.17. The Balaban J connectivity index is 2.14. The topological polar surface area (TPSA) is 52.6 Å². The normalized spacial score (nSPS) is 11.9.